The Morgan fingerprint density at radius 2 is 1.71 bits per heavy atom. The van der Waals surface area contributed by atoms with Crippen molar-refractivity contribution in [1.82, 2.24) is 19.1 Å². The summed E-state index contributed by atoms with van der Waals surface area (Å²) in [6.45, 7) is 0. The number of carbonyl (C=O) groups excluding carboxylic acids is 1. The van der Waals surface area contributed by atoms with Gasteiger partial charge in [0.25, 0.3) is 0 Å². The number of Topliss-reactive ketones (excluding diaryl/α,β-unsaturated/α-hetero) is 1. The zero-order valence-electron chi connectivity index (χ0n) is 21.9. The van der Waals surface area contributed by atoms with Crippen LogP contribution in [0.15, 0.2) is 76.8 Å². The third-order valence-electron chi connectivity index (χ3n) is 8.42. The number of ketones is 1. The van der Waals surface area contributed by atoms with Gasteiger partial charge in [0.05, 0.1) is 27.9 Å². The van der Waals surface area contributed by atoms with Crippen LogP contribution in [0.25, 0.3) is 11.8 Å². The van der Waals surface area contributed by atoms with Crippen molar-refractivity contribution in [3.63, 3.8) is 0 Å². The van der Waals surface area contributed by atoms with Gasteiger partial charge in [-0.05, 0) is 98.7 Å². The number of nitrogens with zero attached hydrogens (tertiary/aromatic N) is 4. The lowest BCUT2D eigenvalue weighted by atomic mass is 9.61. The number of thiazole rings is 1. The lowest BCUT2D eigenvalue weighted by Gasteiger charge is -2.46. The van der Waals surface area contributed by atoms with Gasteiger partial charge in [-0.1, -0.05) is 5.57 Å². The summed E-state index contributed by atoms with van der Waals surface area (Å²) in [4.78, 5) is 18.7. The highest BCUT2D eigenvalue weighted by molar-refractivity contribution is 7.89. The molecule has 0 spiro atoms. The molecule has 2 aromatic carbocycles. The third-order valence-corrected chi connectivity index (χ3v) is 11.2. The highest BCUT2D eigenvalue weighted by atomic mass is 32.2. The molecule has 2 saturated carbocycles. The van der Waals surface area contributed by atoms with E-state index < -0.39 is 27.3 Å². The van der Waals surface area contributed by atoms with Crippen LogP contribution in [0.1, 0.15) is 53.2 Å². The fraction of sp³-hybridized carbons (Fsp3) is 0.300. The molecule has 210 valence electrons. The number of fused-ring (bicyclic) bond motifs is 2. The molecule has 7 nitrogen and oxygen atoms in total. The van der Waals surface area contributed by atoms with E-state index in [1.54, 1.807) is 38.9 Å². The molecule has 0 N–H and O–H groups in total. The van der Waals surface area contributed by atoms with Crippen LogP contribution >= 0.6 is 11.3 Å². The summed E-state index contributed by atoms with van der Waals surface area (Å²) in [6.07, 6.45) is 8.60. The maximum atomic E-state index is 14.3. The molecule has 2 aromatic heterocycles. The molecule has 3 aliphatic carbocycles. The highest BCUT2D eigenvalue weighted by Gasteiger charge is 2.54. The maximum absolute atomic E-state index is 14.3. The number of benzene rings is 2. The summed E-state index contributed by atoms with van der Waals surface area (Å²) in [6, 6.07) is 10.5. The smallest absolute Gasteiger partial charge is 0.243 e. The summed E-state index contributed by atoms with van der Waals surface area (Å²) in [5, 5.41) is 6.74. The van der Waals surface area contributed by atoms with Crippen LogP contribution in [-0.4, -0.2) is 45.4 Å². The van der Waals surface area contributed by atoms with Crippen LogP contribution in [-0.2, 0) is 16.4 Å². The predicted octanol–water partition coefficient (Wildman–Crippen LogP) is 5.82. The number of hydrogen-bond donors (Lipinski definition) is 0. The predicted molar refractivity (Wildman–Crippen MR) is 150 cm³/mol. The Balaban J connectivity index is 1.30. The molecule has 0 amide bonds. The number of halogens is 2. The van der Waals surface area contributed by atoms with E-state index in [9.17, 15) is 22.0 Å². The van der Waals surface area contributed by atoms with Crippen LogP contribution < -0.4 is 0 Å². The minimum absolute atomic E-state index is 0.0546. The number of carbonyl (C=O) groups is 1. The van der Waals surface area contributed by atoms with Crippen LogP contribution in [0, 0.1) is 17.0 Å². The average molecular weight is 593 g/mol. The Morgan fingerprint density at radius 1 is 1.00 bits per heavy atom. The van der Waals surface area contributed by atoms with Crippen molar-refractivity contribution in [1.29, 1.82) is 0 Å². The van der Waals surface area contributed by atoms with Gasteiger partial charge in [-0.3, -0.25) is 4.79 Å². The maximum Gasteiger partial charge on any atom is 0.243 e. The van der Waals surface area contributed by atoms with Gasteiger partial charge in [0, 0.05) is 23.7 Å². The Kier molecular flexibility index (Phi) is 6.29. The Morgan fingerprint density at radius 3 is 2.37 bits per heavy atom. The molecule has 41 heavy (non-hydrogen) atoms. The Labute approximate surface area is 240 Å². The molecular weight excluding hydrogens is 566 g/mol. The summed E-state index contributed by atoms with van der Waals surface area (Å²) in [5.74, 6) is -0.949. The SMILES string of the molecule is O=C(c1nccs1)[C@]12Cc3cnn(-c4ccc(F)cc4)c3C=C1CC[C@H](N(C1CC1)S(=O)(=O)c1ccc(F)cc1)C2. The Hall–Kier alpha value is -3.54. The van der Waals surface area contributed by atoms with Gasteiger partial charge in [0.15, 0.2) is 5.01 Å². The van der Waals surface area contributed by atoms with E-state index in [1.165, 1.54) is 35.6 Å². The van der Waals surface area contributed by atoms with Crippen LogP contribution in [0.5, 0.6) is 0 Å². The van der Waals surface area contributed by atoms with Crippen molar-refractivity contribution in [3.8, 4) is 5.69 Å². The van der Waals surface area contributed by atoms with Crippen molar-refractivity contribution in [2.75, 3.05) is 0 Å². The molecular formula is C30H26F2N4O3S2. The number of hydrogen-bond acceptors (Lipinski definition) is 6. The second-order valence-corrected chi connectivity index (χ2v) is 13.7. The van der Waals surface area contributed by atoms with Crippen molar-refractivity contribution in [3.05, 3.63) is 99.8 Å². The van der Waals surface area contributed by atoms with Gasteiger partial charge in [0.1, 0.15) is 11.6 Å². The summed E-state index contributed by atoms with van der Waals surface area (Å²) < 4.78 is 58.4. The molecule has 7 rings (SSSR count). The topological polar surface area (TPSA) is 85.2 Å². The molecule has 2 heterocycles. The molecule has 4 aromatic rings. The molecule has 0 unspecified atom stereocenters. The van der Waals surface area contributed by atoms with Crippen LogP contribution in [0.3, 0.4) is 0 Å². The van der Waals surface area contributed by atoms with E-state index in [0.717, 1.165) is 41.8 Å². The molecule has 0 aliphatic heterocycles. The number of rotatable bonds is 7. The molecule has 3 aliphatic rings. The monoisotopic (exact) mass is 592 g/mol. The summed E-state index contributed by atoms with van der Waals surface area (Å²) >= 11 is 1.28. The zero-order chi connectivity index (χ0) is 28.4. The fourth-order valence-corrected chi connectivity index (χ4v) is 8.95. The summed E-state index contributed by atoms with van der Waals surface area (Å²) in [7, 11) is -3.92. The van der Waals surface area contributed by atoms with Crippen molar-refractivity contribution in [2.24, 2.45) is 5.41 Å². The van der Waals surface area contributed by atoms with Crippen LogP contribution in [0.4, 0.5) is 8.78 Å². The van der Waals surface area contributed by atoms with E-state index >= 15 is 0 Å². The largest absolute Gasteiger partial charge is 0.290 e. The first-order chi connectivity index (χ1) is 19.8. The lowest BCUT2D eigenvalue weighted by molar-refractivity contribution is 0.0738. The number of aromatic nitrogens is 3. The lowest BCUT2D eigenvalue weighted by Crippen LogP contribution is -2.51. The highest BCUT2D eigenvalue weighted by Crippen LogP contribution is 2.53. The van der Waals surface area contributed by atoms with Gasteiger partial charge < -0.3 is 0 Å². The quantitative estimate of drug-likeness (QED) is 0.253. The molecule has 2 fully saturated rings. The summed E-state index contributed by atoms with van der Waals surface area (Å²) in [5.41, 5.74) is 2.37. The second-order valence-electron chi connectivity index (χ2n) is 11.0. The average Bonchev–Trinajstić information content (AvgIpc) is 3.46. The van der Waals surface area contributed by atoms with Gasteiger partial charge >= 0.3 is 0 Å². The molecule has 2 atom stereocenters. The van der Waals surface area contributed by atoms with Gasteiger partial charge in [0.2, 0.25) is 15.8 Å². The van der Waals surface area contributed by atoms with E-state index in [1.807, 2.05) is 6.08 Å². The minimum atomic E-state index is -3.92. The number of allylic oxidation sites excluding steroid dienone is 1. The van der Waals surface area contributed by atoms with Gasteiger partial charge in [-0.25, -0.2) is 26.9 Å². The first kappa shape index (κ1) is 26.4. The standard InChI is InChI=1S/C30H26F2N4O3S2/c31-21-2-7-23(8-3-21)35-27-15-20-1-6-25(36(24-9-10-24)41(38,39)26-11-4-22(32)5-12-26)17-30(20,16-19(27)18-34-35)28(37)29-33-13-14-40-29/h2-5,7-8,11-15,18,24-25H,1,6,9-10,16-17H2/t25-,30-/m0/s1. The zero-order valence-corrected chi connectivity index (χ0v) is 23.5. The van der Waals surface area contributed by atoms with E-state index in [0.29, 0.717) is 36.4 Å². The van der Waals surface area contributed by atoms with E-state index in [-0.39, 0.29) is 22.5 Å². The normalized spacial score (nSPS) is 22.2. The van der Waals surface area contributed by atoms with Crippen LogP contribution in [0.2, 0.25) is 0 Å². The van der Waals surface area contributed by atoms with Crippen molar-refractivity contribution in [2.45, 2.75) is 55.5 Å². The first-order valence-electron chi connectivity index (χ1n) is 13.5. The minimum Gasteiger partial charge on any atom is -0.290 e. The third kappa shape index (κ3) is 4.47. The molecule has 11 heteroatoms. The van der Waals surface area contributed by atoms with Crippen molar-refractivity contribution >= 4 is 33.2 Å². The van der Waals surface area contributed by atoms with Gasteiger partial charge in [-0.2, -0.15) is 9.40 Å². The van der Waals surface area contributed by atoms with E-state index in [4.69, 9.17) is 0 Å². The first-order valence-corrected chi connectivity index (χ1v) is 15.9. The second kappa shape index (κ2) is 9.78. The number of sulfonamides is 1. The van der Waals surface area contributed by atoms with Gasteiger partial charge in [-0.15, -0.1) is 11.3 Å². The molecule has 0 saturated heterocycles. The fourth-order valence-electron chi connectivity index (χ4n) is 6.38. The Bertz CT molecular complexity index is 1760. The molecule has 0 radical (unpaired) electrons. The van der Waals surface area contributed by atoms with E-state index in [2.05, 4.69) is 10.1 Å². The molecule has 0 bridgehead atoms. The van der Waals surface area contributed by atoms with Crippen molar-refractivity contribution < 1.29 is 22.0 Å².